The first-order valence-electron chi connectivity index (χ1n) is 4.45. The average molecular weight is 189 g/mol. The molecule has 0 aliphatic carbocycles. The van der Waals surface area contributed by atoms with Gasteiger partial charge in [-0.1, -0.05) is 6.07 Å². The summed E-state index contributed by atoms with van der Waals surface area (Å²) in [4.78, 5) is 0. The maximum atomic E-state index is 8.77. The monoisotopic (exact) mass is 189 g/mol. The van der Waals surface area contributed by atoms with Crippen LogP contribution < -0.4 is 16.2 Å². The maximum Gasteiger partial charge on any atom is 0.148 e. The molecule has 0 radical (unpaired) electrons. The molecule has 0 aromatic heterocycles. The van der Waals surface area contributed by atoms with Gasteiger partial charge in [0.2, 0.25) is 0 Å². The molecule has 0 fully saturated rings. The van der Waals surface area contributed by atoms with Gasteiger partial charge in [0.15, 0.2) is 0 Å². The molecule has 72 valence electrons. The van der Waals surface area contributed by atoms with Crippen LogP contribution in [0.2, 0.25) is 0 Å². The van der Waals surface area contributed by atoms with E-state index in [2.05, 4.69) is 0 Å². The predicted octanol–water partition coefficient (Wildman–Crippen LogP) is 0.923. The highest BCUT2D eigenvalue weighted by Crippen LogP contribution is 2.36. The van der Waals surface area contributed by atoms with Gasteiger partial charge in [-0.3, -0.25) is 0 Å². The predicted molar refractivity (Wildman–Crippen MR) is 52.6 cm³/mol. The Labute approximate surface area is 82.1 Å². The minimum absolute atomic E-state index is 0.0335. The number of anilines is 1. The summed E-state index contributed by atoms with van der Waals surface area (Å²) < 4.78 is 5.41. The van der Waals surface area contributed by atoms with E-state index in [0.29, 0.717) is 23.6 Å². The Bertz CT molecular complexity index is 409. The molecule has 0 saturated carbocycles. The van der Waals surface area contributed by atoms with Crippen LogP contribution in [0.5, 0.6) is 5.75 Å². The third-order valence-corrected chi connectivity index (χ3v) is 2.42. The van der Waals surface area contributed by atoms with E-state index in [4.69, 9.17) is 21.5 Å². The first kappa shape index (κ1) is 8.85. The smallest absolute Gasteiger partial charge is 0.148 e. The first-order chi connectivity index (χ1) is 6.74. The number of hydrogen-bond acceptors (Lipinski definition) is 4. The van der Waals surface area contributed by atoms with Crippen LogP contribution in [0.25, 0.3) is 0 Å². The molecule has 4 N–H and O–H groups in total. The molecule has 4 nitrogen and oxygen atoms in total. The fraction of sp³-hybridized carbons (Fsp3) is 0.300. The molecule has 1 aliphatic rings. The van der Waals surface area contributed by atoms with Crippen molar-refractivity contribution in [2.45, 2.75) is 12.5 Å². The van der Waals surface area contributed by atoms with Crippen LogP contribution in [-0.4, -0.2) is 6.61 Å². The summed E-state index contributed by atoms with van der Waals surface area (Å²) in [6.45, 7) is 0.563. The highest BCUT2D eigenvalue weighted by Gasteiger charge is 2.21. The van der Waals surface area contributed by atoms with Crippen LogP contribution in [0.3, 0.4) is 0 Å². The van der Waals surface area contributed by atoms with E-state index >= 15 is 0 Å². The standard InChI is InChI=1S/C10H11N3O/c11-5-6-1-2-7-8(12)3-4-14-10(7)9(6)13/h1-2,8H,3-4,12-13H2. The van der Waals surface area contributed by atoms with Crippen LogP contribution in [0.1, 0.15) is 23.6 Å². The second-order valence-corrected chi connectivity index (χ2v) is 3.30. The van der Waals surface area contributed by atoms with Gasteiger partial charge in [0.25, 0.3) is 0 Å². The van der Waals surface area contributed by atoms with Gasteiger partial charge in [-0.05, 0) is 6.07 Å². The fourth-order valence-corrected chi connectivity index (χ4v) is 1.61. The lowest BCUT2D eigenvalue weighted by Crippen LogP contribution is -2.21. The van der Waals surface area contributed by atoms with Crippen molar-refractivity contribution in [1.29, 1.82) is 5.26 Å². The largest absolute Gasteiger partial charge is 0.491 e. The van der Waals surface area contributed by atoms with Crippen LogP contribution in [0.15, 0.2) is 12.1 Å². The van der Waals surface area contributed by atoms with Crippen LogP contribution in [-0.2, 0) is 0 Å². The van der Waals surface area contributed by atoms with Crippen molar-refractivity contribution in [2.75, 3.05) is 12.3 Å². The second-order valence-electron chi connectivity index (χ2n) is 3.30. The van der Waals surface area contributed by atoms with Crippen LogP contribution >= 0.6 is 0 Å². The van der Waals surface area contributed by atoms with E-state index in [1.54, 1.807) is 6.07 Å². The maximum absolute atomic E-state index is 8.77. The van der Waals surface area contributed by atoms with Gasteiger partial charge in [0.1, 0.15) is 11.8 Å². The summed E-state index contributed by atoms with van der Waals surface area (Å²) in [5.41, 5.74) is 13.4. The van der Waals surface area contributed by atoms with E-state index in [0.717, 1.165) is 12.0 Å². The fourth-order valence-electron chi connectivity index (χ4n) is 1.61. The van der Waals surface area contributed by atoms with Crippen molar-refractivity contribution in [3.63, 3.8) is 0 Å². The molecule has 2 rings (SSSR count). The lowest BCUT2D eigenvalue weighted by atomic mass is 9.98. The summed E-state index contributed by atoms with van der Waals surface area (Å²) in [5.74, 6) is 0.586. The third kappa shape index (κ3) is 1.19. The molecular weight excluding hydrogens is 178 g/mol. The van der Waals surface area contributed by atoms with Crippen LogP contribution in [0.4, 0.5) is 5.69 Å². The van der Waals surface area contributed by atoms with Crippen molar-refractivity contribution in [2.24, 2.45) is 5.73 Å². The summed E-state index contributed by atoms with van der Waals surface area (Å²) in [6.07, 6.45) is 0.790. The quantitative estimate of drug-likeness (QED) is 0.594. The van der Waals surface area contributed by atoms with Crippen molar-refractivity contribution in [1.82, 2.24) is 0 Å². The number of nitrogen functional groups attached to an aromatic ring is 1. The Morgan fingerprint density at radius 3 is 3.00 bits per heavy atom. The van der Waals surface area contributed by atoms with E-state index in [-0.39, 0.29) is 6.04 Å². The summed E-state index contributed by atoms with van der Waals surface area (Å²) in [7, 11) is 0. The zero-order chi connectivity index (χ0) is 10.1. The zero-order valence-corrected chi connectivity index (χ0v) is 7.66. The summed E-state index contributed by atoms with van der Waals surface area (Å²) in [5, 5.41) is 8.77. The number of ether oxygens (including phenoxy) is 1. The number of fused-ring (bicyclic) bond motifs is 1. The number of benzene rings is 1. The molecule has 1 heterocycles. The Kier molecular flexibility index (Phi) is 2.02. The van der Waals surface area contributed by atoms with Crippen molar-refractivity contribution < 1.29 is 4.74 Å². The van der Waals surface area contributed by atoms with Gasteiger partial charge in [-0.25, -0.2) is 0 Å². The minimum Gasteiger partial charge on any atom is -0.491 e. The van der Waals surface area contributed by atoms with Gasteiger partial charge in [-0.2, -0.15) is 5.26 Å². The first-order valence-corrected chi connectivity index (χ1v) is 4.45. The molecule has 1 unspecified atom stereocenters. The molecule has 0 amide bonds. The average Bonchev–Trinajstić information content (AvgIpc) is 2.20. The van der Waals surface area contributed by atoms with E-state index in [9.17, 15) is 0 Å². The van der Waals surface area contributed by atoms with Gasteiger partial charge >= 0.3 is 0 Å². The molecule has 4 heteroatoms. The Balaban J connectivity index is 2.59. The summed E-state index contributed by atoms with van der Waals surface area (Å²) >= 11 is 0. The Morgan fingerprint density at radius 1 is 1.50 bits per heavy atom. The Hall–Kier alpha value is -1.73. The molecule has 0 saturated heterocycles. The highest BCUT2D eigenvalue weighted by molar-refractivity contribution is 5.67. The molecule has 1 aromatic rings. The van der Waals surface area contributed by atoms with Crippen molar-refractivity contribution >= 4 is 5.69 Å². The van der Waals surface area contributed by atoms with Crippen LogP contribution in [0, 0.1) is 11.3 Å². The lowest BCUT2D eigenvalue weighted by Gasteiger charge is -2.24. The molecule has 0 spiro atoms. The molecule has 14 heavy (non-hydrogen) atoms. The van der Waals surface area contributed by atoms with Crippen molar-refractivity contribution in [3.05, 3.63) is 23.3 Å². The zero-order valence-electron chi connectivity index (χ0n) is 7.66. The molecule has 1 aromatic carbocycles. The summed E-state index contributed by atoms with van der Waals surface area (Å²) in [6, 6.07) is 5.48. The van der Waals surface area contributed by atoms with Gasteiger partial charge in [0, 0.05) is 18.0 Å². The topological polar surface area (TPSA) is 85.1 Å². The van der Waals surface area contributed by atoms with Gasteiger partial charge in [0.05, 0.1) is 17.9 Å². The third-order valence-electron chi connectivity index (χ3n) is 2.42. The number of hydrogen-bond donors (Lipinski definition) is 2. The van der Waals surface area contributed by atoms with E-state index < -0.39 is 0 Å². The Morgan fingerprint density at radius 2 is 2.29 bits per heavy atom. The van der Waals surface area contributed by atoms with Gasteiger partial charge < -0.3 is 16.2 Å². The molecular formula is C10H11N3O. The normalized spacial score (nSPS) is 19.3. The minimum atomic E-state index is -0.0335. The number of rotatable bonds is 0. The lowest BCUT2D eigenvalue weighted by molar-refractivity contribution is 0.270. The van der Waals surface area contributed by atoms with Gasteiger partial charge in [-0.15, -0.1) is 0 Å². The second kappa shape index (κ2) is 3.20. The molecule has 0 bridgehead atoms. The van der Waals surface area contributed by atoms with Crippen molar-refractivity contribution in [3.8, 4) is 11.8 Å². The molecule has 1 aliphatic heterocycles. The highest BCUT2D eigenvalue weighted by atomic mass is 16.5. The number of nitrogens with zero attached hydrogens (tertiary/aromatic N) is 1. The number of nitrogens with two attached hydrogens (primary N) is 2. The SMILES string of the molecule is N#Cc1ccc2c(c1N)OCCC2N. The van der Waals surface area contributed by atoms with E-state index in [1.165, 1.54) is 0 Å². The van der Waals surface area contributed by atoms with E-state index in [1.807, 2.05) is 12.1 Å². The number of nitriles is 1. The molecule has 1 atom stereocenters.